The molecule has 0 unspecified atom stereocenters. The zero-order chi connectivity index (χ0) is 13.8. The minimum atomic E-state index is 0.458. The third kappa shape index (κ3) is 2.64. The average Bonchev–Trinajstić information content (AvgIpc) is 2.93. The molecule has 1 N–H and O–H groups in total. The molecule has 0 spiro atoms. The van der Waals surface area contributed by atoms with Crippen LogP contribution in [-0.2, 0) is 6.54 Å². The molecule has 0 atom stereocenters. The van der Waals surface area contributed by atoms with Gasteiger partial charge in [0.2, 0.25) is 0 Å². The van der Waals surface area contributed by atoms with Gasteiger partial charge in [-0.3, -0.25) is 4.98 Å². The normalized spacial score (nSPS) is 10.4. The van der Waals surface area contributed by atoms with Crippen LogP contribution in [0.3, 0.4) is 0 Å². The molecule has 3 aromatic rings. The zero-order valence-electron chi connectivity index (χ0n) is 10.9. The first-order valence-corrected chi connectivity index (χ1v) is 6.22. The lowest BCUT2D eigenvalue weighted by Crippen LogP contribution is -2.04. The maximum absolute atomic E-state index is 5.19. The molecular formula is C14H13N5O. The summed E-state index contributed by atoms with van der Waals surface area (Å²) in [5, 5.41) is 7.03. The second-order valence-corrected chi connectivity index (χ2v) is 4.22. The Bertz CT molecular complexity index is 696. The van der Waals surface area contributed by atoms with Crippen molar-refractivity contribution in [3.05, 3.63) is 54.2 Å². The molecule has 3 rings (SSSR count). The lowest BCUT2D eigenvalue weighted by Gasteiger charge is -2.07. The fourth-order valence-corrected chi connectivity index (χ4v) is 1.80. The van der Waals surface area contributed by atoms with Crippen molar-refractivity contribution in [1.82, 2.24) is 20.1 Å². The lowest BCUT2D eigenvalue weighted by atomic mass is 10.2. The van der Waals surface area contributed by atoms with Crippen LogP contribution in [0.2, 0.25) is 0 Å². The minimum absolute atomic E-state index is 0.458. The predicted molar refractivity (Wildman–Crippen MR) is 73.8 cm³/mol. The smallest absolute Gasteiger partial charge is 0.261 e. The summed E-state index contributed by atoms with van der Waals surface area (Å²) in [5.41, 5.74) is 1.72. The van der Waals surface area contributed by atoms with E-state index in [2.05, 4.69) is 25.4 Å². The molecule has 0 aliphatic carbocycles. The van der Waals surface area contributed by atoms with Crippen LogP contribution >= 0.6 is 0 Å². The molecule has 0 fully saturated rings. The van der Waals surface area contributed by atoms with Gasteiger partial charge in [0.15, 0.2) is 5.82 Å². The lowest BCUT2D eigenvalue weighted by molar-refractivity contribution is 0.425. The van der Waals surface area contributed by atoms with Gasteiger partial charge in [-0.1, -0.05) is 11.2 Å². The summed E-state index contributed by atoms with van der Waals surface area (Å²) in [6.45, 7) is 2.36. The van der Waals surface area contributed by atoms with E-state index in [0.717, 1.165) is 11.3 Å². The summed E-state index contributed by atoms with van der Waals surface area (Å²) in [6, 6.07) is 9.51. The highest BCUT2D eigenvalue weighted by molar-refractivity contribution is 5.68. The summed E-state index contributed by atoms with van der Waals surface area (Å²) < 4.78 is 5.19. The number of aromatic nitrogens is 4. The molecule has 0 saturated heterocycles. The van der Waals surface area contributed by atoms with Crippen molar-refractivity contribution in [3.8, 4) is 11.5 Å². The number of aryl methyl sites for hydroxylation is 1. The van der Waals surface area contributed by atoms with Crippen LogP contribution in [0.1, 0.15) is 11.5 Å². The maximum Gasteiger partial charge on any atom is 0.261 e. The number of nitrogens with zero attached hydrogens (tertiary/aromatic N) is 4. The molecule has 3 heterocycles. The van der Waals surface area contributed by atoms with Crippen LogP contribution in [0.5, 0.6) is 0 Å². The second-order valence-electron chi connectivity index (χ2n) is 4.22. The standard InChI is InChI=1S/C14H13N5O/c1-10-18-14(20-19-10)12-6-4-8-16-13(12)17-9-11-5-2-3-7-15-11/h2-8H,9H2,1H3,(H,16,17). The van der Waals surface area contributed by atoms with E-state index in [9.17, 15) is 0 Å². The summed E-state index contributed by atoms with van der Waals surface area (Å²) in [4.78, 5) is 12.8. The van der Waals surface area contributed by atoms with E-state index >= 15 is 0 Å². The highest BCUT2D eigenvalue weighted by Crippen LogP contribution is 2.24. The van der Waals surface area contributed by atoms with Gasteiger partial charge in [0.25, 0.3) is 5.89 Å². The van der Waals surface area contributed by atoms with Crippen molar-refractivity contribution in [2.75, 3.05) is 5.32 Å². The van der Waals surface area contributed by atoms with E-state index in [-0.39, 0.29) is 0 Å². The molecule has 0 bridgehead atoms. The van der Waals surface area contributed by atoms with Crippen LogP contribution in [0.25, 0.3) is 11.5 Å². The minimum Gasteiger partial charge on any atom is -0.364 e. The molecule has 100 valence electrons. The maximum atomic E-state index is 5.19. The van der Waals surface area contributed by atoms with Gasteiger partial charge in [0.05, 0.1) is 17.8 Å². The van der Waals surface area contributed by atoms with Crippen LogP contribution in [0.4, 0.5) is 5.82 Å². The fourth-order valence-electron chi connectivity index (χ4n) is 1.80. The number of rotatable bonds is 4. The van der Waals surface area contributed by atoms with Crippen molar-refractivity contribution in [2.24, 2.45) is 0 Å². The van der Waals surface area contributed by atoms with Crippen LogP contribution in [-0.4, -0.2) is 20.1 Å². The number of pyridine rings is 2. The molecule has 6 heteroatoms. The Labute approximate surface area is 115 Å². The Balaban J connectivity index is 1.83. The summed E-state index contributed by atoms with van der Waals surface area (Å²) in [7, 11) is 0. The number of hydrogen-bond acceptors (Lipinski definition) is 6. The first-order chi connectivity index (χ1) is 9.83. The van der Waals surface area contributed by atoms with Crippen LogP contribution in [0, 0.1) is 6.92 Å². The largest absolute Gasteiger partial charge is 0.364 e. The zero-order valence-corrected chi connectivity index (χ0v) is 10.9. The van der Waals surface area contributed by atoms with E-state index < -0.39 is 0 Å². The number of hydrogen-bond donors (Lipinski definition) is 1. The van der Waals surface area contributed by atoms with Crippen molar-refractivity contribution in [2.45, 2.75) is 13.5 Å². The molecule has 0 amide bonds. The van der Waals surface area contributed by atoms with E-state index in [0.29, 0.717) is 24.1 Å². The van der Waals surface area contributed by atoms with Gasteiger partial charge in [-0.2, -0.15) is 4.98 Å². The van der Waals surface area contributed by atoms with Crippen molar-refractivity contribution in [1.29, 1.82) is 0 Å². The number of nitrogens with one attached hydrogen (secondary N) is 1. The molecule has 0 saturated carbocycles. The van der Waals surface area contributed by atoms with E-state index in [1.807, 2.05) is 30.3 Å². The molecule has 0 aromatic carbocycles. The van der Waals surface area contributed by atoms with Gasteiger partial charge in [0, 0.05) is 12.4 Å². The molecule has 0 aliphatic rings. The average molecular weight is 267 g/mol. The van der Waals surface area contributed by atoms with Crippen molar-refractivity contribution < 1.29 is 4.52 Å². The number of anilines is 1. The molecule has 6 nitrogen and oxygen atoms in total. The SMILES string of the molecule is Cc1noc(-c2cccnc2NCc2ccccn2)n1. The summed E-state index contributed by atoms with van der Waals surface area (Å²) in [5.74, 6) is 1.75. The van der Waals surface area contributed by atoms with Gasteiger partial charge in [-0.15, -0.1) is 0 Å². The Morgan fingerprint density at radius 3 is 2.75 bits per heavy atom. The molecule has 0 radical (unpaired) electrons. The van der Waals surface area contributed by atoms with Gasteiger partial charge in [-0.25, -0.2) is 4.98 Å². The van der Waals surface area contributed by atoms with Crippen molar-refractivity contribution >= 4 is 5.82 Å². The molecule has 3 aromatic heterocycles. The molecular weight excluding hydrogens is 254 g/mol. The first kappa shape index (κ1) is 12.3. The highest BCUT2D eigenvalue weighted by atomic mass is 16.5. The van der Waals surface area contributed by atoms with Crippen LogP contribution in [0.15, 0.2) is 47.2 Å². The molecule has 0 aliphatic heterocycles. The predicted octanol–water partition coefficient (Wildman–Crippen LogP) is 2.45. The third-order valence-electron chi connectivity index (χ3n) is 2.73. The summed E-state index contributed by atoms with van der Waals surface area (Å²) in [6.07, 6.45) is 3.48. The summed E-state index contributed by atoms with van der Waals surface area (Å²) >= 11 is 0. The van der Waals surface area contributed by atoms with Crippen LogP contribution < -0.4 is 5.32 Å². The van der Waals surface area contributed by atoms with E-state index in [1.165, 1.54) is 0 Å². The fraction of sp³-hybridized carbons (Fsp3) is 0.143. The van der Waals surface area contributed by atoms with Gasteiger partial charge in [-0.05, 0) is 31.2 Å². The quantitative estimate of drug-likeness (QED) is 0.782. The van der Waals surface area contributed by atoms with Crippen molar-refractivity contribution in [3.63, 3.8) is 0 Å². The highest BCUT2D eigenvalue weighted by Gasteiger charge is 2.12. The Morgan fingerprint density at radius 1 is 1.10 bits per heavy atom. The van der Waals surface area contributed by atoms with Gasteiger partial charge < -0.3 is 9.84 Å². The topological polar surface area (TPSA) is 76.7 Å². The Morgan fingerprint density at radius 2 is 2.00 bits per heavy atom. The van der Waals surface area contributed by atoms with E-state index in [4.69, 9.17) is 4.52 Å². The second kappa shape index (κ2) is 5.48. The van der Waals surface area contributed by atoms with Gasteiger partial charge in [0.1, 0.15) is 5.82 Å². The first-order valence-electron chi connectivity index (χ1n) is 6.22. The van der Waals surface area contributed by atoms with E-state index in [1.54, 1.807) is 19.3 Å². The Kier molecular flexibility index (Phi) is 3.36. The Hall–Kier alpha value is -2.76. The molecule has 20 heavy (non-hydrogen) atoms. The third-order valence-corrected chi connectivity index (χ3v) is 2.73. The van der Waals surface area contributed by atoms with Gasteiger partial charge >= 0.3 is 0 Å². The monoisotopic (exact) mass is 267 g/mol.